The van der Waals surface area contributed by atoms with E-state index in [-0.39, 0.29) is 0 Å². The molecule has 0 radical (unpaired) electrons. The van der Waals surface area contributed by atoms with E-state index in [0.717, 1.165) is 37.9 Å². The van der Waals surface area contributed by atoms with Gasteiger partial charge >= 0.3 is 0 Å². The van der Waals surface area contributed by atoms with Crippen molar-refractivity contribution >= 4 is 39.0 Å². The maximum Gasteiger partial charge on any atom is 0.173 e. The number of fused-ring (bicyclic) bond motifs is 1. The van der Waals surface area contributed by atoms with Crippen LogP contribution in [0.1, 0.15) is 11.1 Å². The number of anilines is 1. The lowest BCUT2D eigenvalue weighted by Gasteiger charge is -2.09. The van der Waals surface area contributed by atoms with Crippen molar-refractivity contribution in [1.82, 2.24) is 9.97 Å². The average molecular weight is 417 g/mol. The van der Waals surface area contributed by atoms with Crippen LogP contribution in [0, 0.1) is 6.92 Å². The molecule has 3 aromatic carbocycles. The highest BCUT2D eigenvalue weighted by molar-refractivity contribution is 9.10. The molecule has 4 nitrogen and oxygen atoms in total. The number of hydrazone groups is 1. The second-order valence-corrected chi connectivity index (χ2v) is 7.01. The molecule has 1 heterocycles. The molecule has 0 spiro atoms. The first kappa shape index (κ1) is 17.4. The first-order valence-corrected chi connectivity index (χ1v) is 9.37. The van der Waals surface area contributed by atoms with Crippen LogP contribution >= 0.6 is 15.9 Å². The number of benzene rings is 3. The molecular weight excluding hydrogens is 400 g/mol. The molecule has 0 fully saturated rings. The van der Waals surface area contributed by atoms with E-state index >= 15 is 0 Å². The number of rotatable bonds is 4. The van der Waals surface area contributed by atoms with Crippen LogP contribution in [0.5, 0.6) is 0 Å². The van der Waals surface area contributed by atoms with Crippen molar-refractivity contribution in [2.75, 3.05) is 5.43 Å². The highest BCUT2D eigenvalue weighted by Crippen LogP contribution is 2.26. The quantitative estimate of drug-likeness (QED) is 0.337. The van der Waals surface area contributed by atoms with Crippen LogP contribution in [0.2, 0.25) is 0 Å². The van der Waals surface area contributed by atoms with Gasteiger partial charge in [0.25, 0.3) is 0 Å². The fourth-order valence-corrected chi connectivity index (χ4v) is 3.04. The first-order chi connectivity index (χ1) is 13.2. The van der Waals surface area contributed by atoms with E-state index in [9.17, 15) is 0 Å². The molecule has 4 rings (SSSR count). The van der Waals surface area contributed by atoms with Gasteiger partial charge in [0, 0.05) is 10.0 Å². The van der Waals surface area contributed by atoms with Crippen LogP contribution in [0.3, 0.4) is 0 Å². The zero-order valence-electron chi connectivity index (χ0n) is 14.7. The van der Waals surface area contributed by atoms with E-state index in [4.69, 9.17) is 9.97 Å². The third kappa shape index (κ3) is 3.88. The summed E-state index contributed by atoms with van der Waals surface area (Å²) in [6, 6.07) is 23.9. The van der Waals surface area contributed by atoms with Crippen LogP contribution in [-0.4, -0.2) is 16.2 Å². The Morgan fingerprint density at radius 2 is 1.59 bits per heavy atom. The Kier molecular flexibility index (Phi) is 4.94. The number of nitrogens with one attached hydrogen (secondary N) is 1. The van der Waals surface area contributed by atoms with Crippen molar-refractivity contribution in [2.45, 2.75) is 6.92 Å². The highest BCUT2D eigenvalue weighted by atomic mass is 79.9. The number of halogens is 1. The minimum absolute atomic E-state index is 0.630. The van der Waals surface area contributed by atoms with E-state index < -0.39 is 0 Å². The lowest BCUT2D eigenvalue weighted by molar-refractivity contribution is 1.22. The normalized spacial score (nSPS) is 11.2. The smallest absolute Gasteiger partial charge is 0.173 e. The van der Waals surface area contributed by atoms with E-state index in [1.54, 1.807) is 6.21 Å². The van der Waals surface area contributed by atoms with Crippen LogP contribution in [-0.2, 0) is 0 Å². The van der Waals surface area contributed by atoms with Gasteiger partial charge in [0.15, 0.2) is 5.82 Å². The molecule has 0 unspecified atom stereocenters. The summed E-state index contributed by atoms with van der Waals surface area (Å²) in [6.07, 6.45) is 1.78. The van der Waals surface area contributed by atoms with Gasteiger partial charge in [-0.1, -0.05) is 64.5 Å². The molecule has 132 valence electrons. The van der Waals surface area contributed by atoms with Crippen molar-refractivity contribution in [3.05, 3.63) is 88.4 Å². The molecule has 0 aliphatic carbocycles. The fourth-order valence-electron chi connectivity index (χ4n) is 2.79. The van der Waals surface area contributed by atoms with Gasteiger partial charge < -0.3 is 0 Å². The van der Waals surface area contributed by atoms with Gasteiger partial charge in [-0.25, -0.2) is 9.97 Å². The Labute approximate surface area is 166 Å². The van der Waals surface area contributed by atoms with Crippen LogP contribution in [0.4, 0.5) is 5.82 Å². The summed E-state index contributed by atoms with van der Waals surface area (Å²) in [7, 11) is 0. The second kappa shape index (κ2) is 7.68. The number of nitrogens with zero attached hydrogens (tertiary/aromatic N) is 3. The summed E-state index contributed by atoms with van der Waals surface area (Å²) in [6.45, 7) is 2.05. The van der Waals surface area contributed by atoms with Gasteiger partial charge in [0.05, 0.1) is 17.2 Å². The first-order valence-electron chi connectivity index (χ1n) is 8.58. The minimum Gasteiger partial charge on any atom is -0.260 e. The van der Waals surface area contributed by atoms with Crippen LogP contribution in [0.15, 0.2) is 82.4 Å². The van der Waals surface area contributed by atoms with E-state index in [1.807, 2.05) is 66.7 Å². The number of aromatic nitrogens is 2. The number of hydrogen-bond acceptors (Lipinski definition) is 4. The Hall–Kier alpha value is -3.05. The van der Waals surface area contributed by atoms with Crippen molar-refractivity contribution < 1.29 is 0 Å². The van der Waals surface area contributed by atoms with E-state index in [1.165, 1.54) is 0 Å². The van der Waals surface area contributed by atoms with Gasteiger partial charge in [0.1, 0.15) is 5.69 Å². The Morgan fingerprint density at radius 1 is 0.889 bits per heavy atom. The maximum absolute atomic E-state index is 4.79. The van der Waals surface area contributed by atoms with Gasteiger partial charge in [-0.3, -0.25) is 5.43 Å². The summed E-state index contributed by atoms with van der Waals surface area (Å²) in [4.78, 5) is 9.51. The number of para-hydroxylation sites is 2. The maximum atomic E-state index is 4.79. The monoisotopic (exact) mass is 416 g/mol. The second-order valence-electron chi connectivity index (χ2n) is 6.15. The molecule has 0 saturated heterocycles. The standard InChI is InChI=1S/C22H17BrN4/c1-15-13-16(11-12-18(15)23)14-24-27-22-21(17-7-3-2-4-8-17)25-19-9-5-6-10-20(19)26-22/h2-14H,1H3,(H,26,27)/b24-14+. The van der Waals surface area contributed by atoms with Gasteiger partial charge in [-0.2, -0.15) is 5.10 Å². The Balaban J connectivity index is 1.71. The van der Waals surface area contributed by atoms with Gasteiger partial charge in [-0.15, -0.1) is 0 Å². The lowest BCUT2D eigenvalue weighted by atomic mass is 10.1. The molecule has 27 heavy (non-hydrogen) atoms. The summed E-state index contributed by atoms with van der Waals surface area (Å²) in [5.41, 5.74) is 8.70. The molecule has 0 amide bonds. The fraction of sp³-hybridized carbons (Fsp3) is 0.0455. The molecular formula is C22H17BrN4. The van der Waals surface area contributed by atoms with Crippen molar-refractivity contribution in [3.8, 4) is 11.3 Å². The molecule has 4 aromatic rings. The van der Waals surface area contributed by atoms with Crippen LogP contribution < -0.4 is 5.43 Å². The third-order valence-electron chi connectivity index (χ3n) is 4.18. The van der Waals surface area contributed by atoms with Crippen molar-refractivity contribution in [3.63, 3.8) is 0 Å². The summed E-state index contributed by atoms with van der Waals surface area (Å²) < 4.78 is 1.08. The molecule has 0 atom stereocenters. The topological polar surface area (TPSA) is 50.2 Å². The third-order valence-corrected chi connectivity index (χ3v) is 5.07. The zero-order valence-corrected chi connectivity index (χ0v) is 16.3. The molecule has 5 heteroatoms. The van der Waals surface area contributed by atoms with Gasteiger partial charge in [-0.05, 0) is 42.3 Å². The zero-order chi connectivity index (χ0) is 18.6. The van der Waals surface area contributed by atoms with E-state index in [2.05, 4.69) is 39.4 Å². The molecule has 0 aliphatic rings. The molecule has 0 saturated carbocycles. The Morgan fingerprint density at radius 3 is 2.33 bits per heavy atom. The van der Waals surface area contributed by atoms with Gasteiger partial charge in [0.2, 0.25) is 0 Å². The van der Waals surface area contributed by atoms with E-state index in [0.29, 0.717) is 5.82 Å². The molecule has 1 aromatic heterocycles. The van der Waals surface area contributed by atoms with Crippen LogP contribution in [0.25, 0.3) is 22.3 Å². The SMILES string of the molecule is Cc1cc(/C=N/Nc2nc3ccccc3nc2-c2ccccc2)ccc1Br. The molecule has 0 aliphatic heterocycles. The summed E-state index contributed by atoms with van der Waals surface area (Å²) in [5.74, 6) is 0.630. The average Bonchev–Trinajstić information content (AvgIpc) is 2.71. The minimum atomic E-state index is 0.630. The largest absolute Gasteiger partial charge is 0.260 e. The molecule has 0 bridgehead atoms. The van der Waals surface area contributed by atoms with Crippen molar-refractivity contribution in [2.24, 2.45) is 5.10 Å². The molecule has 1 N–H and O–H groups in total. The Bertz CT molecular complexity index is 1120. The lowest BCUT2D eigenvalue weighted by Crippen LogP contribution is -2.00. The number of hydrogen-bond donors (Lipinski definition) is 1. The highest BCUT2D eigenvalue weighted by Gasteiger charge is 2.10. The predicted molar refractivity (Wildman–Crippen MR) is 115 cm³/mol. The predicted octanol–water partition coefficient (Wildman–Crippen LogP) is 5.81. The van der Waals surface area contributed by atoms with Crippen molar-refractivity contribution in [1.29, 1.82) is 0 Å². The summed E-state index contributed by atoms with van der Waals surface area (Å²) >= 11 is 3.51. The number of aryl methyl sites for hydroxylation is 1. The summed E-state index contributed by atoms with van der Waals surface area (Å²) in [5, 5.41) is 4.38.